The molecule has 1 aliphatic rings. The van der Waals surface area contributed by atoms with Crippen molar-refractivity contribution < 1.29 is 9.53 Å². The molecule has 3 aromatic rings. The van der Waals surface area contributed by atoms with Crippen LogP contribution in [0.25, 0.3) is 5.69 Å². The van der Waals surface area contributed by atoms with Crippen molar-refractivity contribution in [3.63, 3.8) is 0 Å². The molecular formula is C23H25ClN4O2. The molecule has 0 aliphatic heterocycles. The number of benzene rings is 1. The van der Waals surface area contributed by atoms with Gasteiger partial charge in [-0.3, -0.25) is 4.79 Å². The number of carbonyl (C=O) groups excluding carboxylic acids is 1. The highest BCUT2D eigenvalue weighted by atomic mass is 35.5. The van der Waals surface area contributed by atoms with Crippen molar-refractivity contribution in [1.29, 1.82) is 0 Å². The van der Waals surface area contributed by atoms with E-state index in [1.807, 2.05) is 54.9 Å². The molecule has 2 heterocycles. The average molecular weight is 425 g/mol. The number of amides is 1. The van der Waals surface area contributed by atoms with Crippen molar-refractivity contribution in [3.8, 4) is 11.6 Å². The molecule has 4 rings (SSSR count). The van der Waals surface area contributed by atoms with Crippen LogP contribution in [0.3, 0.4) is 0 Å². The zero-order valence-corrected chi connectivity index (χ0v) is 17.9. The van der Waals surface area contributed by atoms with E-state index in [0.717, 1.165) is 34.8 Å². The molecule has 1 N–H and O–H groups in total. The number of ether oxygens (including phenoxy) is 1. The molecule has 0 bridgehead atoms. The van der Waals surface area contributed by atoms with Gasteiger partial charge in [-0.2, -0.15) is 5.10 Å². The van der Waals surface area contributed by atoms with E-state index < -0.39 is 0 Å². The number of aromatic nitrogens is 3. The van der Waals surface area contributed by atoms with Crippen LogP contribution >= 0.6 is 11.6 Å². The molecule has 0 unspecified atom stereocenters. The van der Waals surface area contributed by atoms with Crippen molar-refractivity contribution in [3.05, 3.63) is 70.1 Å². The second kappa shape index (κ2) is 8.88. The summed E-state index contributed by atoms with van der Waals surface area (Å²) in [5.41, 5.74) is 4.58. The van der Waals surface area contributed by atoms with E-state index in [1.54, 1.807) is 6.20 Å². The van der Waals surface area contributed by atoms with Crippen LogP contribution in [0.15, 0.2) is 42.6 Å². The Hall–Kier alpha value is -2.86. The van der Waals surface area contributed by atoms with Crippen LogP contribution in [-0.2, 0) is 17.8 Å². The second-order valence-corrected chi connectivity index (χ2v) is 8.19. The first-order valence-electron chi connectivity index (χ1n) is 10.1. The Bertz CT molecular complexity index is 1020. The van der Waals surface area contributed by atoms with Gasteiger partial charge in [-0.1, -0.05) is 17.7 Å². The number of hydrogen-bond acceptors (Lipinski definition) is 4. The van der Waals surface area contributed by atoms with Gasteiger partial charge in [-0.15, -0.1) is 0 Å². The minimum absolute atomic E-state index is 0.0501. The van der Waals surface area contributed by atoms with Crippen LogP contribution in [0.1, 0.15) is 35.4 Å². The van der Waals surface area contributed by atoms with Gasteiger partial charge in [0.05, 0.1) is 24.4 Å². The maximum Gasteiger partial charge on any atom is 0.224 e. The Morgan fingerprint density at radius 1 is 1.20 bits per heavy atom. The smallest absolute Gasteiger partial charge is 0.224 e. The number of aryl methyl sites for hydroxylation is 1. The molecule has 0 saturated heterocycles. The summed E-state index contributed by atoms with van der Waals surface area (Å²) in [6, 6.07) is 11.3. The zero-order chi connectivity index (χ0) is 21.1. The molecule has 0 spiro atoms. The number of nitrogens with zero attached hydrogens (tertiary/aromatic N) is 3. The summed E-state index contributed by atoms with van der Waals surface area (Å²) in [4.78, 5) is 16.8. The van der Waals surface area contributed by atoms with Crippen LogP contribution in [0, 0.1) is 19.8 Å². The maximum absolute atomic E-state index is 12.5. The number of carbonyl (C=O) groups is 1. The highest BCUT2D eigenvalue weighted by Gasteiger charge is 2.22. The summed E-state index contributed by atoms with van der Waals surface area (Å²) in [5.74, 6) is 1.28. The van der Waals surface area contributed by atoms with Crippen LogP contribution in [-0.4, -0.2) is 27.3 Å². The molecule has 6 nitrogen and oxygen atoms in total. The lowest BCUT2D eigenvalue weighted by Crippen LogP contribution is -2.25. The largest absolute Gasteiger partial charge is 0.477 e. The number of rotatable bonds is 8. The highest BCUT2D eigenvalue weighted by Crippen LogP contribution is 2.29. The van der Waals surface area contributed by atoms with Gasteiger partial charge in [0.2, 0.25) is 11.8 Å². The van der Waals surface area contributed by atoms with Gasteiger partial charge in [0, 0.05) is 35.1 Å². The first kappa shape index (κ1) is 20.4. The van der Waals surface area contributed by atoms with E-state index in [1.165, 1.54) is 12.8 Å². The van der Waals surface area contributed by atoms with E-state index in [4.69, 9.17) is 16.3 Å². The number of hydrogen-bond donors (Lipinski definition) is 1. The zero-order valence-electron chi connectivity index (χ0n) is 17.2. The Kier molecular flexibility index (Phi) is 6.04. The molecule has 156 valence electrons. The predicted octanol–water partition coefficient (Wildman–Crippen LogP) is 4.19. The summed E-state index contributed by atoms with van der Waals surface area (Å²) >= 11 is 5.97. The monoisotopic (exact) mass is 424 g/mol. The third-order valence-corrected chi connectivity index (χ3v) is 5.55. The van der Waals surface area contributed by atoms with Gasteiger partial charge in [-0.05, 0) is 62.4 Å². The second-order valence-electron chi connectivity index (χ2n) is 7.75. The summed E-state index contributed by atoms with van der Waals surface area (Å²) in [7, 11) is 0. The van der Waals surface area contributed by atoms with Crippen molar-refractivity contribution in [1.82, 2.24) is 20.1 Å². The molecule has 2 aromatic heterocycles. The normalized spacial score (nSPS) is 13.3. The van der Waals surface area contributed by atoms with Gasteiger partial charge >= 0.3 is 0 Å². The molecule has 0 atom stereocenters. The molecule has 1 amide bonds. The van der Waals surface area contributed by atoms with E-state index in [2.05, 4.69) is 15.4 Å². The lowest BCUT2D eigenvalue weighted by Gasteiger charge is -2.08. The third-order valence-electron chi connectivity index (χ3n) is 5.30. The quantitative estimate of drug-likeness (QED) is 0.588. The van der Waals surface area contributed by atoms with Crippen LogP contribution in [0.5, 0.6) is 5.88 Å². The maximum atomic E-state index is 12.5. The Balaban J connectivity index is 1.34. The van der Waals surface area contributed by atoms with E-state index in [0.29, 0.717) is 23.4 Å². The number of pyridine rings is 1. The van der Waals surface area contributed by atoms with Crippen molar-refractivity contribution in [2.24, 2.45) is 5.92 Å². The SMILES string of the molecule is Cc1nn(-c2ccc(Cl)cc2)c(C)c1CC(=O)NCc1ccc(OCC2CC2)nc1. The molecule has 0 radical (unpaired) electrons. The van der Waals surface area contributed by atoms with Crippen LogP contribution in [0.2, 0.25) is 5.02 Å². The first-order valence-corrected chi connectivity index (χ1v) is 10.5. The van der Waals surface area contributed by atoms with Gasteiger partial charge in [0.1, 0.15) is 0 Å². The number of nitrogens with one attached hydrogen (secondary N) is 1. The molecule has 1 aliphatic carbocycles. The summed E-state index contributed by atoms with van der Waals surface area (Å²) in [6.07, 6.45) is 4.53. The van der Waals surface area contributed by atoms with Crippen molar-refractivity contribution in [2.45, 2.75) is 39.7 Å². The third kappa shape index (κ3) is 5.00. The molecule has 1 saturated carbocycles. The van der Waals surface area contributed by atoms with Crippen LogP contribution in [0.4, 0.5) is 0 Å². The highest BCUT2D eigenvalue weighted by molar-refractivity contribution is 6.30. The molecular weight excluding hydrogens is 400 g/mol. The summed E-state index contributed by atoms with van der Waals surface area (Å²) in [6.45, 7) is 5.07. The molecule has 1 aromatic carbocycles. The average Bonchev–Trinajstić information content (AvgIpc) is 3.54. The fourth-order valence-electron chi connectivity index (χ4n) is 3.28. The van der Waals surface area contributed by atoms with E-state index >= 15 is 0 Å². The van der Waals surface area contributed by atoms with Gasteiger partial charge < -0.3 is 10.1 Å². The lowest BCUT2D eigenvalue weighted by molar-refractivity contribution is -0.120. The Labute approximate surface area is 181 Å². The fraction of sp³-hybridized carbons (Fsp3) is 0.348. The van der Waals surface area contributed by atoms with E-state index in [-0.39, 0.29) is 12.3 Å². The van der Waals surface area contributed by atoms with Crippen LogP contribution < -0.4 is 10.1 Å². The Morgan fingerprint density at radius 3 is 2.63 bits per heavy atom. The van der Waals surface area contributed by atoms with Gasteiger partial charge in [-0.25, -0.2) is 9.67 Å². The first-order chi connectivity index (χ1) is 14.5. The molecule has 30 heavy (non-hydrogen) atoms. The summed E-state index contributed by atoms with van der Waals surface area (Å²) < 4.78 is 7.49. The predicted molar refractivity (Wildman–Crippen MR) is 116 cm³/mol. The van der Waals surface area contributed by atoms with Crippen molar-refractivity contribution in [2.75, 3.05) is 6.61 Å². The molecule has 1 fully saturated rings. The van der Waals surface area contributed by atoms with Crippen molar-refractivity contribution >= 4 is 17.5 Å². The fourth-order valence-corrected chi connectivity index (χ4v) is 3.40. The number of halogens is 1. The lowest BCUT2D eigenvalue weighted by atomic mass is 10.1. The summed E-state index contributed by atoms with van der Waals surface area (Å²) in [5, 5.41) is 8.24. The van der Waals surface area contributed by atoms with E-state index in [9.17, 15) is 4.79 Å². The van der Waals surface area contributed by atoms with Gasteiger partial charge in [0.15, 0.2) is 0 Å². The standard InChI is InChI=1S/C23H25ClN4O2/c1-15-21(16(2)28(27-15)20-8-6-19(24)7-9-20)11-22(29)25-12-18-5-10-23(26-13-18)30-14-17-3-4-17/h5-10,13,17H,3-4,11-12,14H2,1-2H3,(H,25,29). The van der Waals surface area contributed by atoms with Gasteiger partial charge in [0.25, 0.3) is 0 Å². The molecule has 7 heteroatoms. The Morgan fingerprint density at radius 2 is 1.97 bits per heavy atom. The topological polar surface area (TPSA) is 69.0 Å². The minimum Gasteiger partial charge on any atom is -0.477 e. The minimum atomic E-state index is -0.0501.